The standard InChI is InChI=1S/C20H33N3O2/c1-16(20(5)9-10-20)22-12-7-13-23(18(24)25-19(2,3)4)15-17-8-6-11-21-14-17/h6,8,11,14,16,22H,7,9-10,12-13,15H2,1-5H3. The van der Waals surface area contributed by atoms with Crippen LogP contribution in [0.25, 0.3) is 0 Å². The highest BCUT2D eigenvalue weighted by Crippen LogP contribution is 2.47. The molecule has 25 heavy (non-hydrogen) atoms. The third kappa shape index (κ3) is 6.65. The highest BCUT2D eigenvalue weighted by molar-refractivity contribution is 5.68. The summed E-state index contributed by atoms with van der Waals surface area (Å²) in [6.45, 7) is 12.4. The molecule has 1 heterocycles. The Kier molecular flexibility index (Phi) is 6.44. The summed E-state index contributed by atoms with van der Waals surface area (Å²) in [5.74, 6) is 0. The first-order valence-electron chi connectivity index (χ1n) is 9.30. The molecule has 5 nitrogen and oxygen atoms in total. The number of amides is 1. The Hall–Kier alpha value is -1.62. The molecule has 1 fully saturated rings. The fraction of sp³-hybridized carbons (Fsp3) is 0.700. The molecule has 1 N–H and O–H groups in total. The fourth-order valence-corrected chi connectivity index (χ4v) is 2.74. The SMILES string of the molecule is CC(NCCCN(Cc1cccnc1)C(=O)OC(C)(C)C)C1(C)CC1. The van der Waals surface area contributed by atoms with Crippen LogP contribution in [0.1, 0.15) is 59.4 Å². The van der Waals surface area contributed by atoms with Crippen molar-refractivity contribution in [2.45, 2.75) is 72.1 Å². The van der Waals surface area contributed by atoms with Gasteiger partial charge in [0.25, 0.3) is 0 Å². The van der Waals surface area contributed by atoms with Gasteiger partial charge in [0.2, 0.25) is 0 Å². The Bertz CT molecular complexity index is 550. The topological polar surface area (TPSA) is 54.5 Å². The average molecular weight is 348 g/mol. The molecule has 1 unspecified atom stereocenters. The lowest BCUT2D eigenvalue weighted by atomic mass is 10.0. The van der Waals surface area contributed by atoms with Gasteiger partial charge in [-0.3, -0.25) is 4.98 Å². The van der Waals surface area contributed by atoms with E-state index in [1.54, 1.807) is 17.3 Å². The number of aromatic nitrogens is 1. The summed E-state index contributed by atoms with van der Waals surface area (Å²) >= 11 is 0. The molecule has 0 aliphatic heterocycles. The number of carbonyl (C=O) groups is 1. The van der Waals surface area contributed by atoms with Gasteiger partial charge < -0.3 is 15.0 Å². The quantitative estimate of drug-likeness (QED) is 0.723. The lowest BCUT2D eigenvalue weighted by Gasteiger charge is -2.28. The molecule has 1 aromatic heterocycles. The van der Waals surface area contributed by atoms with Gasteiger partial charge in [-0.2, -0.15) is 0 Å². The van der Waals surface area contributed by atoms with Crippen molar-refractivity contribution in [3.05, 3.63) is 30.1 Å². The molecule has 5 heteroatoms. The molecule has 2 rings (SSSR count). The van der Waals surface area contributed by atoms with Crippen LogP contribution >= 0.6 is 0 Å². The zero-order chi connectivity index (χ0) is 18.5. The van der Waals surface area contributed by atoms with E-state index in [1.165, 1.54) is 12.8 Å². The van der Waals surface area contributed by atoms with Crippen molar-refractivity contribution in [2.75, 3.05) is 13.1 Å². The minimum Gasteiger partial charge on any atom is -0.444 e. The molecule has 0 radical (unpaired) electrons. The Balaban J connectivity index is 1.86. The lowest BCUT2D eigenvalue weighted by molar-refractivity contribution is 0.0231. The van der Waals surface area contributed by atoms with E-state index in [-0.39, 0.29) is 6.09 Å². The van der Waals surface area contributed by atoms with Crippen LogP contribution in [0.2, 0.25) is 0 Å². The van der Waals surface area contributed by atoms with Crippen LogP contribution in [0, 0.1) is 5.41 Å². The maximum absolute atomic E-state index is 12.5. The molecule has 0 saturated heterocycles. The lowest BCUT2D eigenvalue weighted by Crippen LogP contribution is -2.39. The number of hydrogen-bond donors (Lipinski definition) is 1. The average Bonchev–Trinajstić information content (AvgIpc) is 3.28. The summed E-state index contributed by atoms with van der Waals surface area (Å²) in [5.41, 5.74) is 0.998. The Morgan fingerprint density at radius 3 is 2.72 bits per heavy atom. The van der Waals surface area contributed by atoms with Crippen molar-refractivity contribution in [1.29, 1.82) is 0 Å². The van der Waals surface area contributed by atoms with Gasteiger partial charge in [-0.1, -0.05) is 13.0 Å². The maximum atomic E-state index is 12.5. The van der Waals surface area contributed by atoms with Crippen molar-refractivity contribution in [1.82, 2.24) is 15.2 Å². The van der Waals surface area contributed by atoms with Crippen molar-refractivity contribution in [3.8, 4) is 0 Å². The van der Waals surface area contributed by atoms with E-state index in [2.05, 4.69) is 24.1 Å². The molecule has 0 bridgehead atoms. The first kappa shape index (κ1) is 19.7. The fourth-order valence-electron chi connectivity index (χ4n) is 2.74. The summed E-state index contributed by atoms with van der Waals surface area (Å²) in [4.78, 5) is 18.4. The highest BCUT2D eigenvalue weighted by Gasteiger charge is 2.42. The van der Waals surface area contributed by atoms with E-state index in [0.29, 0.717) is 24.5 Å². The summed E-state index contributed by atoms with van der Waals surface area (Å²) in [6, 6.07) is 4.40. The minimum atomic E-state index is -0.488. The van der Waals surface area contributed by atoms with Crippen molar-refractivity contribution >= 4 is 6.09 Å². The number of nitrogens with one attached hydrogen (secondary N) is 1. The number of carbonyl (C=O) groups excluding carboxylic acids is 1. The van der Waals surface area contributed by atoms with E-state index >= 15 is 0 Å². The van der Waals surface area contributed by atoms with E-state index < -0.39 is 5.60 Å². The monoisotopic (exact) mass is 347 g/mol. The molecule has 0 spiro atoms. The van der Waals surface area contributed by atoms with Crippen molar-refractivity contribution < 1.29 is 9.53 Å². The van der Waals surface area contributed by atoms with Gasteiger partial charge >= 0.3 is 6.09 Å². The Labute approximate surface area is 152 Å². The van der Waals surface area contributed by atoms with E-state index in [4.69, 9.17) is 4.74 Å². The summed E-state index contributed by atoms with van der Waals surface area (Å²) in [7, 11) is 0. The predicted molar refractivity (Wildman–Crippen MR) is 100 cm³/mol. The Morgan fingerprint density at radius 1 is 1.44 bits per heavy atom. The van der Waals surface area contributed by atoms with Crippen LogP contribution in [-0.4, -0.2) is 40.7 Å². The molecule has 1 aliphatic rings. The van der Waals surface area contributed by atoms with Crippen molar-refractivity contribution in [2.24, 2.45) is 5.41 Å². The number of hydrogen-bond acceptors (Lipinski definition) is 4. The Morgan fingerprint density at radius 2 is 2.16 bits per heavy atom. The molecule has 1 aromatic rings. The smallest absolute Gasteiger partial charge is 0.410 e. The summed E-state index contributed by atoms with van der Waals surface area (Å²) in [5, 5.41) is 3.60. The molecule has 1 amide bonds. The zero-order valence-corrected chi connectivity index (χ0v) is 16.3. The van der Waals surface area contributed by atoms with Gasteiger partial charge in [-0.25, -0.2) is 4.79 Å². The van der Waals surface area contributed by atoms with Crippen molar-refractivity contribution in [3.63, 3.8) is 0 Å². The van der Waals surface area contributed by atoms with Crippen LogP contribution < -0.4 is 5.32 Å². The number of pyridine rings is 1. The van der Waals surface area contributed by atoms with E-state index in [1.807, 2.05) is 32.9 Å². The first-order chi connectivity index (χ1) is 11.7. The summed E-state index contributed by atoms with van der Waals surface area (Å²) in [6.07, 6.45) is 6.80. The largest absolute Gasteiger partial charge is 0.444 e. The summed E-state index contributed by atoms with van der Waals surface area (Å²) < 4.78 is 5.56. The van der Waals surface area contributed by atoms with Gasteiger partial charge in [-0.05, 0) is 70.5 Å². The van der Waals surface area contributed by atoms with Gasteiger partial charge in [0.15, 0.2) is 0 Å². The molecular weight excluding hydrogens is 314 g/mol. The molecular formula is C20H33N3O2. The van der Waals surface area contributed by atoms with Crippen LogP contribution in [-0.2, 0) is 11.3 Å². The van der Waals surface area contributed by atoms with Crippen LogP contribution in [0.4, 0.5) is 4.79 Å². The van der Waals surface area contributed by atoms with Gasteiger partial charge in [0.05, 0.1) is 6.54 Å². The number of rotatable bonds is 8. The molecule has 1 saturated carbocycles. The van der Waals surface area contributed by atoms with Gasteiger partial charge in [0, 0.05) is 25.0 Å². The predicted octanol–water partition coefficient (Wildman–Crippen LogP) is 3.99. The third-order valence-corrected chi connectivity index (χ3v) is 4.89. The van der Waals surface area contributed by atoms with E-state index in [9.17, 15) is 4.79 Å². The minimum absolute atomic E-state index is 0.265. The second kappa shape index (κ2) is 8.17. The van der Waals surface area contributed by atoms with E-state index in [0.717, 1.165) is 18.5 Å². The normalized spacial score (nSPS) is 17.0. The van der Waals surface area contributed by atoms with Crippen LogP contribution in [0.5, 0.6) is 0 Å². The molecule has 1 aliphatic carbocycles. The van der Waals surface area contributed by atoms with Crippen LogP contribution in [0.3, 0.4) is 0 Å². The third-order valence-electron chi connectivity index (χ3n) is 4.89. The maximum Gasteiger partial charge on any atom is 0.410 e. The van der Waals surface area contributed by atoms with Crippen LogP contribution in [0.15, 0.2) is 24.5 Å². The number of ether oxygens (including phenoxy) is 1. The molecule has 140 valence electrons. The second-order valence-electron chi connectivity index (χ2n) is 8.45. The second-order valence-corrected chi connectivity index (χ2v) is 8.45. The van der Waals surface area contributed by atoms with Gasteiger partial charge in [0.1, 0.15) is 5.60 Å². The zero-order valence-electron chi connectivity index (χ0n) is 16.3. The van der Waals surface area contributed by atoms with Gasteiger partial charge in [-0.15, -0.1) is 0 Å². The molecule has 0 aromatic carbocycles. The number of nitrogens with zero attached hydrogens (tertiary/aromatic N) is 2. The highest BCUT2D eigenvalue weighted by atomic mass is 16.6. The molecule has 1 atom stereocenters. The first-order valence-corrected chi connectivity index (χ1v) is 9.30.